The fraction of sp³-hybridized carbons (Fsp3) is 0.394. The van der Waals surface area contributed by atoms with Gasteiger partial charge in [0.1, 0.15) is 11.5 Å². The first-order valence-electron chi connectivity index (χ1n) is 14.8. The molecule has 0 radical (unpaired) electrons. The third kappa shape index (κ3) is 8.92. The van der Waals surface area contributed by atoms with Gasteiger partial charge < -0.3 is 26.0 Å². The van der Waals surface area contributed by atoms with Gasteiger partial charge in [-0.25, -0.2) is 4.39 Å². The molecule has 0 unspecified atom stereocenters. The summed E-state index contributed by atoms with van der Waals surface area (Å²) in [5.41, 5.74) is 8.58. The Morgan fingerprint density at radius 3 is 2.58 bits per heavy atom. The maximum atomic E-state index is 13.5. The molecule has 1 aliphatic heterocycles. The van der Waals surface area contributed by atoms with E-state index in [4.69, 9.17) is 10.5 Å². The quantitative estimate of drug-likeness (QED) is 0.274. The van der Waals surface area contributed by atoms with Crippen molar-refractivity contribution in [2.24, 2.45) is 11.7 Å². The van der Waals surface area contributed by atoms with Crippen molar-refractivity contribution >= 4 is 23.4 Å². The second-order valence-electron chi connectivity index (χ2n) is 11.0. The summed E-state index contributed by atoms with van der Waals surface area (Å²) in [6.07, 6.45) is 3.97. The van der Waals surface area contributed by atoms with Gasteiger partial charge in [0.05, 0.1) is 12.6 Å². The van der Waals surface area contributed by atoms with Crippen LogP contribution in [0.5, 0.6) is 0 Å². The molecule has 3 aromatic rings. The number of likely N-dealkylation sites (tertiary alicyclic amines) is 1. The number of nitrogens with two attached hydrogens (primary N) is 1. The molecule has 0 saturated carbocycles. The van der Waals surface area contributed by atoms with Crippen LogP contribution < -0.4 is 16.4 Å². The second kappa shape index (κ2) is 15.4. The molecule has 0 spiro atoms. The Bertz CT molecular complexity index is 1370. The molecule has 4 rings (SSSR count). The number of hydrogen-bond donors (Lipinski definition) is 3. The van der Waals surface area contributed by atoms with Crippen LogP contribution in [0.4, 0.5) is 10.1 Å². The van der Waals surface area contributed by atoms with Crippen LogP contribution in [-0.4, -0.2) is 65.5 Å². The number of ether oxygens (including phenoxy) is 1. The van der Waals surface area contributed by atoms with Gasteiger partial charge in [0.25, 0.3) is 11.8 Å². The predicted octanol–water partition coefficient (Wildman–Crippen LogP) is 4.20. The third-order valence-electron chi connectivity index (χ3n) is 7.71. The molecule has 1 fully saturated rings. The first kappa shape index (κ1) is 31.8. The van der Waals surface area contributed by atoms with Gasteiger partial charge >= 0.3 is 0 Å². The Hall–Kier alpha value is -4.15. The van der Waals surface area contributed by atoms with Gasteiger partial charge in [-0.3, -0.25) is 19.4 Å². The largest absolute Gasteiger partial charge is 0.380 e. The minimum absolute atomic E-state index is 0.00777. The Balaban J connectivity index is 1.45. The second-order valence-corrected chi connectivity index (χ2v) is 11.0. The van der Waals surface area contributed by atoms with Gasteiger partial charge in [-0.15, -0.1) is 0 Å². The summed E-state index contributed by atoms with van der Waals surface area (Å²) in [4.78, 5) is 45.7. The molecule has 10 heteroatoms. The number of anilines is 1. The Morgan fingerprint density at radius 2 is 1.86 bits per heavy atom. The van der Waals surface area contributed by atoms with Crippen molar-refractivity contribution in [2.45, 2.75) is 57.7 Å². The summed E-state index contributed by atoms with van der Waals surface area (Å²) >= 11 is 0. The van der Waals surface area contributed by atoms with E-state index >= 15 is 0 Å². The molecule has 2 heterocycles. The molecule has 9 nitrogen and oxygen atoms in total. The number of amides is 3. The lowest BCUT2D eigenvalue weighted by Crippen LogP contribution is -2.50. The molecule has 2 aromatic carbocycles. The van der Waals surface area contributed by atoms with Gasteiger partial charge in [0, 0.05) is 48.6 Å². The van der Waals surface area contributed by atoms with Crippen molar-refractivity contribution < 1.29 is 23.5 Å². The average Bonchev–Trinajstić information content (AvgIpc) is 3.49. The molecule has 4 atom stereocenters. The molecular weight excluding hydrogens is 549 g/mol. The number of aromatic nitrogens is 1. The van der Waals surface area contributed by atoms with E-state index in [1.165, 1.54) is 36.5 Å². The molecule has 3 amide bonds. The summed E-state index contributed by atoms with van der Waals surface area (Å²) in [7, 11) is 0. The van der Waals surface area contributed by atoms with E-state index in [1.807, 2.05) is 37.3 Å². The van der Waals surface area contributed by atoms with Gasteiger partial charge in [0.2, 0.25) is 5.91 Å². The van der Waals surface area contributed by atoms with Crippen LogP contribution in [0.25, 0.3) is 0 Å². The van der Waals surface area contributed by atoms with E-state index in [9.17, 15) is 18.8 Å². The van der Waals surface area contributed by atoms with E-state index in [0.717, 1.165) is 18.4 Å². The first-order chi connectivity index (χ1) is 20.7. The number of rotatable bonds is 13. The minimum atomic E-state index is -0.577. The molecule has 4 N–H and O–H groups in total. The fourth-order valence-corrected chi connectivity index (χ4v) is 5.28. The van der Waals surface area contributed by atoms with Crippen molar-refractivity contribution in [3.63, 3.8) is 0 Å². The SMILES string of the molecule is CCOC[C@H]1CCCN1C(=O)c1ccnc(C(=O)N[C@@H](Cc2ccccc2)[C@@H](N)C[C@@H](C)C(=O)Nc2ccc(F)cc2)c1. The van der Waals surface area contributed by atoms with E-state index < -0.39 is 29.7 Å². The highest BCUT2D eigenvalue weighted by Crippen LogP contribution is 2.21. The highest BCUT2D eigenvalue weighted by atomic mass is 19.1. The predicted molar refractivity (Wildman–Crippen MR) is 163 cm³/mol. The summed E-state index contributed by atoms with van der Waals surface area (Å²) in [5.74, 6) is -1.75. The molecular formula is C33H40FN5O4. The van der Waals surface area contributed by atoms with E-state index in [1.54, 1.807) is 17.9 Å². The number of hydrogen-bond acceptors (Lipinski definition) is 6. The van der Waals surface area contributed by atoms with Crippen LogP contribution in [0.3, 0.4) is 0 Å². The Labute approximate surface area is 252 Å². The standard InChI is InChI=1S/C33H40FN5O4/c1-3-43-21-27-10-7-17-39(27)33(42)24-15-16-36-30(20-24)32(41)38-29(19-23-8-5-4-6-9-23)28(35)18-22(2)31(40)37-26-13-11-25(34)12-14-26/h4-6,8-9,11-16,20,22,27-29H,3,7,10,17-19,21,35H2,1-2H3,(H,37,40)(H,38,41)/t22-,27-,28+,29+/m1/s1. The number of pyridine rings is 1. The van der Waals surface area contributed by atoms with Crippen LogP contribution >= 0.6 is 0 Å². The van der Waals surface area contributed by atoms with Crippen molar-refractivity contribution in [2.75, 3.05) is 25.1 Å². The summed E-state index contributed by atoms with van der Waals surface area (Å²) in [5, 5.41) is 5.79. The maximum Gasteiger partial charge on any atom is 0.270 e. The minimum Gasteiger partial charge on any atom is -0.380 e. The molecule has 0 bridgehead atoms. The van der Waals surface area contributed by atoms with Crippen molar-refractivity contribution in [3.05, 3.63) is 95.6 Å². The van der Waals surface area contributed by atoms with Gasteiger partial charge in [-0.2, -0.15) is 0 Å². The number of carbonyl (C=O) groups is 3. The average molecular weight is 590 g/mol. The number of halogens is 1. The smallest absolute Gasteiger partial charge is 0.270 e. The van der Waals surface area contributed by atoms with E-state index in [2.05, 4.69) is 15.6 Å². The summed E-state index contributed by atoms with van der Waals surface area (Å²) in [6.45, 7) is 5.40. The lowest BCUT2D eigenvalue weighted by Gasteiger charge is -2.27. The van der Waals surface area contributed by atoms with Crippen LogP contribution in [0, 0.1) is 11.7 Å². The third-order valence-corrected chi connectivity index (χ3v) is 7.71. The molecule has 43 heavy (non-hydrogen) atoms. The summed E-state index contributed by atoms with van der Waals surface area (Å²) < 4.78 is 18.8. The topological polar surface area (TPSA) is 127 Å². The monoisotopic (exact) mass is 589 g/mol. The number of nitrogens with zero attached hydrogens (tertiary/aromatic N) is 2. The molecule has 228 valence electrons. The van der Waals surface area contributed by atoms with Crippen molar-refractivity contribution in [1.29, 1.82) is 0 Å². The number of benzene rings is 2. The van der Waals surface area contributed by atoms with Crippen LogP contribution in [0.15, 0.2) is 72.9 Å². The lowest BCUT2D eigenvalue weighted by atomic mass is 9.92. The van der Waals surface area contributed by atoms with Crippen LogP contribution in [-0.2, 0) is 16.0 Å². The highest BCUT2D eigenvalue weighted by molar-refractivity contribution is 5.99. The molecule has 1 aliphatic rings. The molecule has 1 aromatic heterocycles. The van der Waals surface area contributed by atoms with E-state index in [0.29, 0.717) is 37.4 Å². The maximum absolute atomic E-state index is 13.5. The Morgan fingerprint density at radius 1 is 1.12 bits per heavy atom. The van der Waals surface area contributed by atoms with E-state index in [-0.39, 0.29) is 30.0 Å². The molecule has 0 aliphatic carbocycles. The first-order valence-corrected chi connectivity index (χ1v) is 14.8. The van der Waals surface area contributed by atoms with Crippen LogP contribution in [0.2, 0.25) is 0 Å². The van der Waals surface area contributed by atoms with Crippen LogP contribution in [0.1, 0.15) is 59.5 Å². The van der Waals surface area contributed by atoms with Crippen molar-refractivity contribution in [1.82, 2.24) is 15.2 Å². The number of carbonyl (C=O) groups excluding carboxylic acids is 3. The zero-order valence-corrected chi connectivity index (χ0v) is 24.7. The van der Waals surface area contributed by atoms with Gasteiger partial charge in [-0.1, -0.05) is 37.3 Å². The number of nitrogens with one attached hydrogen (secondary N) is 2. The van der Waals surface area contributed by atoms with Gasteiger partial charge in [0.15, 0.2) is 0 Å². The Kier molecular flexibility index (Phi) is 11.4. The zero-order chi connectivity index (χ0) is 30.8. The van der Waals surface area contributed by atoms with Crippen molar-refractivity contribution in [3.8, 4) is 0 Å². The highest BCUT2D eigenvalue weighted by Gasteiger charge is 2.30. The summed E-state index contributed by atoms with van der Waals surface area (Å²) in [6, 6.07) is 17.2. The fourth-order valence-electron chi connectivity index (χ4n) is 5.28. The lowest BCUT2D eigenvalue weighted by molar-refractivity contribution is -0.119. The zero-order valence-electron chi connectivity index (χ0n) is 24.7. The normalized spacial score (nSPS) is 16.7. The molecule has 1 saturated heterocycles. The van der Waals surface area contributed by atoms with Gasteiger partial charge in [-0.05, 0) is 74.6 Å².